The van der Waals surface area contributed by atoms with Gasteiger partial charge in [-0.05, 0) is 68.1 Å². The van der Waals surface area contributed by atoms with Crippen molar-refractivity contribution in [3.8, 4) is 0 Å². The van der Waals surface area contributed by atoms with Gasteiger partial charge in [0, 0.05) is 9.79 Å². The lowest BCUT2D eigenvalue weighted by atomic mass is 10.4. The second-order valence-electron chi connectivity index (χ2n) is 10.4. The van der Waals surface area contributed by atoms with Crippen molar-refractivity contribution in [2.75, 3.05) is 0 Å². The molecule has 21 heteroatoms. The zero-order valence-electron chi connectivity index (χ0n) is 25.1. The molecule has 0 amide bonds. The molecule has 0 radical (unpaired) electrons. The van der Waals surface area contributed by atoms with Crippen LogP contribution >= 0.6 is 0 Å². The first-order chi connectivity index (χ1) is 22.8. The molecular formula is C28H28N3O12S6-3. The summed E-state index contributed by atoms with van der Waals surface area (Å²) in [6.45, 7) is 0. The zero-order chi connectivity index (χ0) is 36.1. The van der Waals surface area contributed by atoms with E-state index < -0.39 is 80.4 Å². The summed E-state index contributed by atoms with van der Waals surface area (Å²) in [6.07, 6.45) is 8.36. The van der Waals surface area contributed by atoms with Crippen molar-refractivity contribution in [3.05, 3.63) is 122 Å². The summed E-state index contributed by atoms with van der Waals surface area (Å²) in [6, 6.07) is 16.5. The molecule has 3 aromatic carbocycles. The average Bonchev–Trinajstić information content (AvgIpc) is 3.78. The van der Waals surface area contributed by atoms with Gasteiger partial charge in [-0.15, -0.1) is 0 Å². The van der Waals surface area contributed by atoms with E-state index in [1.807, 2.05) is 0 Å². The minimum Gasteiger partial charge on any atom is -0.436 e. The van der Waals surface area contributed by atoms with E-state index in [0.717, 1.165) is 42.5 Å². The summed E-state index contributed by atoms with van der Waals surface area (Å²) in [5.41, 5.74) is 0. The number of hydrogen-bond donors (Lipinski definition) is 0. The summed E-state index contributed by atoms with van der Waals surface area (Å²) in [7, 11) is -26.8. The Kier molecular flexibility index (Phi) is 11.7. The normalized spacial score (nSPS) is 16.3. The first kappa shape index (κ1) is 38.5. The Bertz CT molecular complexity index is 2220. The highest BCUT2D eigenvalue weighted by Crippen LogP contribution is 2.32. The SMILES string of the molecule is O=S(=O)([N-]S(=O)(=O)C1CC=CC1)C1CC=CC1.O=S(=O)([N-]S(=O)(=O)c1cccc(S(=O)(=O)[N-]S(=O)(=O)c2ccccc2)c1)c1ccccc1. The van der Waals surface area contributed by atoms with Gasteiger partial charge in [0.05, 0.1) is 40.3 Å². The molecule has 0 heterocycles. The van der Waals surface area contributed by atoms with Gasteiger partial charge in [-0.25, -0.2) is 50.5 Å². The lowest BCUT2D eigenvalue weighted by Crippen LogP contribution is -2.24. The quantitative estimate of drug-likeness (QED) is 0.236. The Morgan fingerprint density at radius 2 is 0.653 bits per heavy atom. The number of sulfonamides is 6. The van der Waals surface area contributed by atoms with E-state index in [0.29, 0.717) is 31.7 Å². The van der Waals surface area contributed by atoms with E-state index in [4.69, 9.17) is 0 Å². The molecule has 5 rings (SSSR count). The van der Waals surface area contributed by atoms with Gasteiger partial charge in [0.1, 0.15) is 40.1 Å². The average molecular weight is 791 g/mol. The van der Waals surface area contributed by atoms with Gasteiger partial charge in [0.2, 0.25) is 0 Å². The maximum absolute atomic E-state index is 12.5. The molecule has 0 N–H and O–H groups in total. The Morgan fingerprint density at radius 1 is 0.367 bits per heavy atom. The van der Waals surface area contributed by atoms with Crippen LogP contribution in [0.4, 0.5) is 0 Å². The van der Waals surface area contributed by atoms with E-state index in [1.165, 1.54) is 36.4 Å². The third kappa shape index (κ3) is 9.92. The van der Waals surface area contributed by atoms with Crippen LogP contribution in [-0.2, 0) is 60.1 Å². The van der Waals surface area contributed by atoms with Crippen LogP contribution in [0.2, 0.25) is 0 Å². The molecule has 2 aliphatic carbocycles. The number of hydrogen-bond acceptors (Lipinski definition) is 12. The van der Waals surface area contributed by atoms with Gasteiger partial charge < -0.3 is 12.4 Å². The molecule has 0 aliphatic heterocycles. The zero-order valence-corrected chi connectivity index (χ0v) is 30.0. The number of nitrogens with zero attached hydrogens (tertiary/aromatic N) is 3. The molecule has 0 unspecified atom stereocenters. The Morgan fingerprint density at radius 3 is 0.980 bits per heavy atom. The van der Waals surface area contributed by atoms with E-state index in [2.05, 4.69) is 12.4 Å². The van der Waals surface area contributed by atoms with Gasteiger partial charge in [-0.3, -0.25) is 0 Å². The fraction of sp³-hybridized carbons (Fsp3) is 0.214. The monoisotopic (exact) mass is 790 g/mol. The summed E-state index contributed by atoms with van der Waals surface area (Å²) < 4.78 is 155. The predicted octanol–water partition coefficient (Wildman–Crippen LogP) is 4.05. The van der Waals surface area contributed by atoms with E-state index in [9.17, 15) is 50.5 Å². The fourth-order valence-corrected chi connectivity index (χ4v) is 13.5. The second-order valence-corrected chi connectivity index (χ2v) is 21.3. The molecule has 0 spiro atoms. The Balaban J connectivity index is 0.000000266. The lowest BCUT2D eigenvalue weighted by molar-refractivity contribution is 0.579. The number of rotatable bonds is 12. The van der Waals surface area contributed by atoms with Crippen molar-refractivity contribution < 1.29 is 50.5 Å². The van der Waals surface area contributed by atoms with Crippen LogP contribution in [0, 0.1) is 0 Å². The maximum Gasteiger partial charge on any atom is 0.112 e. The van der Waals surface area contributed by atoms with Gasteiger partial charge in [0.15, 0.2) is 0 Å². The van der Waals surface area contributed by atoms with Gasteiger partial charge in [0.25, 0.3) is 0 Å². The minimum atomic E-state index is -4.86. The van der Waals surface area contributed by atoms with Crippen LogP contribution in [0.25, 0.3) is 12.4 Å². The van der Waals surface area contributed by atoms with Crippen LogP contribution < -0.4 is 0 Å². The maximum atomic E-state index is 12.5. The van der Waals surface area contributed by atoms with E-state index >= 15 is 0 Å². The summed E-state index contributed by atoms with van der Waals surface area (Å²) in [5.74, 6) is 0. The molecule has 0 fully saturated rings. The second kappa shape index (κ2) is 14.9. The lowest BCUT2D eigenvalue weighted by Gasteiger charge is -2.27. The summed E-state index contributed by atoms with van der Waals surface area (Å²) >= 11 is 0. The largest absolute Gasteiger partial charge is 0.436 e. The van der Waals surface area contributed by atoms with Crippen molar-refractivity contribution in [1.29, 1.82) is 0 Å². The van der Waals surface area contributed by atoms with E-state index in [-0.39, 0.29) is 9.79 Å². The highest BCUT2D eigenvalue weighted by molar-refractivity contribution is 8.13. The van der Waals surface area contributed by atoms with Crippen LogP contribution in [-0.4, -0.2) is 61.0 Å². The molecular weight excluding hydrogens is 763 g/mol. The highest BCUT2D eigenvalue weighted by Gasteiger charge is 2.26. The summed E-state index contributed by atoms with van der Waals surface area (Å²) in [4.78, 5) is -2.30. The molecule has 2 aliphatic rings. The van der Waals surface area contributed by atoms with Crippen molar-refractivity contribution in [3.63, 3.8) is 0 Å². The molecule has 0 bridgehead atoms. The molecule has 0 saturated heterocycles. The predicted molar refractivity (Wildman–Crippen MR) is 180 cm³/mol. The Labute approximate surface area is 286 Å². The Hall–Kier alpha value is -3.28. The topological polar surface area (TPSA) is 247 Å². The van der Waals surface area contributed by atoms with Gasteiger partial charge >= 0.3 is 0 Å². The third-order valence-corrected chi connectivity index (χ3v) is 17.5. The third-order valence-electron chi connectivity index (χ3n) is 6.86. The molecule has 0 saturated carbocycles. The van der Waals surface area contributed by atoms with Crippen molar-refractivity contribution in [2.45, 2.75) is 55.8 Å². The van der Waals surface area contributed by atoms with Gasteiger partial charge in [-0.1, -0.05) is 66.8 Å². The van der Waals surface area contributed by atoms with Crippen LogP contribution in [0.3, 0.4) is 0 Å². The molecule has 3 aromatic rings. The van der Waals surface area contributed by atoms with Crippen LogP contribution in [0.5, 0.6) is 0 Å². The fourth-order valence-electron chi connectivity index (χ4n) is 4.35. The van der Waals surface area contributed by atoms with Crippen LogP contribution in [0.1, 0.15) is 25.7 Å². The molecule has 0 aromatic heterocycles. The molecule has 0 atom stereocenters. The first-order valence-corrected chi connectivity index (χ1v) is 22.7. The summed E-state index contributed by atoms with van der Waals surface area (Å²) in [5, 5.41) is -1.40. The van der Waals surface area contributed by atoms with E-state index in [1.54, 1.807) is 24.3 Å². The van der Waals surface area contributed by atoms with Crippen molar-refractivity contribution >= 4 is 60.1 Å². The van der Waals surface area contributed by atoms with Crippen molar-refractivity contribution in [2.24, 2.45) is 0 Å². The number of allylic oxidation sites excluding steroid dienone is 4. The minimum absolute atomic E-state index is 0.351. The standard InChI is InChI=1S/C18H14N2O8S4.C10H14NO4S2/c21-29(22,15-8-3-1-4-9-15)19-31(25,26)17-12-7-13-18(14-17)32(27,28)20-30(23,24)16-10-5-2-6-11-16;12-16(13,9-5-1-2-6-9)11-17(14,15)10-7-3-4-8-10/h1-14H;1-4,9-10H,5-8H2/q-2;-1. The molecule has 266 valence electrons. The molecule has 15 nitrogen and oxygen atoms in total. The first-order valence-electron chi connectivity index (χ1n) is 14.0. The van der Waals surface area contributed by atoms with Gasteiger partial charge in [-0.2, -0.15) is 0 Å². The number of benzene rings is 3. The van der Waals surface area contributed by atoms with Crippen LogP contribution in [0.15, 0.2) is 129 Å². The smallest absolute Gasteiger partial charge is 0.112 e. The highest BCUT2D eigenvalue weighted by atomic mass is 32.3. The van der Waals surface area contributed by atoms with Crippen molar-refractivity contribution in [1.82, 2.24) is 0 Å². The molecule has 49 heavy (non-hydrogen) atoms.